The summed E-state index contributed by atoms with van der Waals surface area (Å²) in [5, 5.41) is 12.5. The van der Waals surface area contributed by atoms with Gasteiger partial charge >= 0.3 is 0 Å². The minimum atomic E-state index is 0. The van der Waals surface area contributed by atoms with Crippen molar-refractivity contribution in [3.63, 3.8) is 0 Å². The number of ether oxygens (including phenoxy) is 1. The third-order valence-corrected chi connectivity index (χ3v) is 2.22. The molecule has 0 radical (unpaired) electrons. The maximum Gasteiger partial charge on any atom is 0.115 e. The Kier molecular flexibility index (Phi) is 4.20. The number of aromatic hydroxyl groups is 1. The van der Waals surface area contributed by atoms with E-state index in [9.17, 15) is 0 Å². The lowest BCUT2D eigenvalue weighted by atomic mass is 10.1. The molecule has 3 nitrogen and oxygen atoms in total. The molecule has 2 rings (SSSR count). The molecule has 0 saturated carbocycles. The Morgan fingerprint density at radius 3 is 2.57 bits per heavy atom. The molecular formula is C10H14ClNO2. The number of hydrogen-bond acceptors (Lipinski definition) is 3. The van der Waals surface area contributed by atoms with E-state index in [1.54, 1.807) is 12.1 Å². The van der Waals surface area contributed by atoms with Gasteiger partial charge < -0.3 is 15.2 Å². The van der Waals surface area contributed by atoms with Crippen molar-refractivity contribution in [3.8, 4) is 5.75 Å². The Morgan fingerprint density at radius 1 is 1.29 bits per heavy atom. The van der Waals surface area contributed by atoms with Crippen LogP contribution < -0.4 is 5.32 Å². The fourth-order valence-corrected chi connectivity index (χ4v) is 1.49. The fourth-order valence-electron chi connectivity index (χ4n) is 1.49. The van der Waals surface area contributed by atoms with Gasteiger partial charge in [0.1, 0.15) is 5.75 Å². The van der Waals surface area contributed by atoms with E-state index in [0.717, 1.165) is 18.7 Å². The molecular weight excluding hydrogens is 202 g/mol. The second kappa shape index (κ2) is 5.20. The quantitative estimate of drug-likeness (QED) is 0.746. The summed E-state index contributed by atoms with van der Waals surface area (Å²) in [6, 6.07) is 7.51. The topological polar surface area (TPSA) is 41.5 Å². The first-order valence-corrected chi connectivity index (χ1v) is 4.46. The summed E-state index contributed by atoms with van der Waals surface area (Å²) in [5.74, 6) is 0.306. The predicted molar refractivity (Wildman–Crippen MR) is 56.9 cm³/mol. The van der Waals surface area contributed by atoms with Crippen molar-refractivity contribution in [2.24, 2.45) is 0 Å². The van der Waals surface area contributed by atoms with Crippen LogP contribution >= 0.6 is 12.4 Å². The van der Waals surface area contributed by atoms with Crippen molar-refractivity contribution in [2.45, 2.75) is 6.04 Å². The van der Waals surface area contributed by atoms with Crippen LogP contribution in [0.3, 0.4) is 0 Å². The first kappa shape index (κ1) is 11.3. The molecule has 78 valence electrons. The molecule has 0 spiro atoms. The largest absolute Gasteiger partial charge is 0.508 e. The third kappa shape index (κ3) is 2.61. The zero-order valence-electron chi connectivity index (χ0n) is 7.77. The van der Waals surface area contributed by atoms with Crippen LogP contribution in [0, 0.1) is 0 Å². The maximum absolute atomic E-state index is 9.10. The number of morpholine rings is 1. The van der Waals surface area contributed by atoms with E-state index in [1.165, 1.54) is 0 Å². The van der Waals surface area contributed by atoms with Crippen molar-refractivity contribution in [1.82, 2.24) is 5.32 Å². The average Bonchev–Trinajstić information content (AvgIpc) is 2.20. The molecule has 0 aromatic heterocycles. The number of nitrogens with one attached hydrogen (secondary N) is 1. The predicted octanol–water partition coefficient (Wildman–Crippen LogP) is 1.47. The van der Waals surface area contributed by atoms with E-state index in [4.69, 9.17) is 9.84 Å². The summed E-state index contributed by atoms with van der Waals surface area (Å²) in [6.45, 7) is 2.39. The van der Waals surface area contributed by atoms with Crippen LogP contribution in [0.15, 0.2) is 24.3 Å². The second-order valence-corrected chi connectivity index (χ2v) is 3.17. The van der Waals surface area contributed by atoms with Crippen molar-refractivity contribution < 1.29 is 9.84 Å². The van der Waals surface area contributed by atoms with Crippen LogP contribution in [-0.2, 0) is 4.74 Å². The molecule has 4 heteroatoms. The molecule has 1 aliphatic rings. The van der Waals surface area contributed by atoms with Crippen molar-refractivity contribution >= 4 is 12.4 Å². The lowest BCUT2D eigenvalue weighted by Crippen LogP contribution is -2.34. The van der Waals surface area contributed by atoms with Gasteiger partial charge in [-0.15, -0.1) is 12.4 Å². The molecule has 1 saturated heterocycles. The summed E-state index contributed by atoms with van der Waals surface area (Å²) in [6.07, 6.45) is 0. The third-order valence-electron chi connectivity index (χ3n) is 2.22. The highest BCUT2D eigenvalue weighted by atomic mass is 35.5. The molecule has 1 aliphatic heterocycles. The second-order valence-electron chi connectivity index (χ2n) is 3.17. The van der Waals surface area contributed by atoms with Crippen LogP contribution in [0.4, 0.5) is 0 Å². The van der Waals surface area contributed by atoms with Crippen LogP contribution in [0.1, 0.15) is 11.6 Å². The number of benzene rings is 1. The molecule has 2 N–H and O–H groups in total. The van der Waals surface area contributed by atoms with Gasteiger partial charge in [-0.3, -0.25) is 0 Å². The smallest absolute Gasteiger partial charge is 0.115 e. The summed E-state index contributed by atoms with van der Waals surface area (Å²) >= 11 is 0. The highest BCUT2D eigenvalue weighted by molar-refractivity contribution is 5.85. The number of rotatable bonds is 1. The van der Waals surface area contributed by atoms with Gasteiger partial charge in [0, 0.05) is 6.54 Å². The maximum atomic E-state index is 9.10. The van der Waals surface area contributed by atoms with Gasteiger partial charge in [-0.25, -0.2) is 0 Å². The highest BCUT2D eigenvalue weighted by Gasteiger charge is 2.14. The molecule has 0 bridgehead atoms. The van der Waals surface area contributed by atoms with Crippen molar-refractivity contribution in [2.75, 3.05) is 19.8 Å². The Balaban J connectivity index is 0.000000980. The minimum absolute atomic E-state index is 0. The van der Waals surface area contributed by atoms with E-state index in [2.05, 4.69) is 5.32 Å². The molecule has 1 aromatic rings. The van der Waals surface area contributed by atoms with Gasteiger partial charge in [0.2, 0.25) is 0 Å². The molecule has 0 amide bonds. The number of hydrogen-bond donors (Lipinski definition) is 2. The van der Waals surface area contributed by atoms with Gasteiger partial charge in [0.15, 0.2) is 0 Å². The standard InChI is InChI=1S/C10H13NO2.ClH/c12-9-3-1-8(2-4-9)10-7-13-6-5-11-10;/h1-4,10-12H,5-7H2;1H/t10-;/m1./s1. The molecule has 14 heavy (non-hydrogen) atoms. The SMILES string of the molecule is Cl.Oc1ccc([C@H]2COCCN2)cc1. The van der Waals surface area contributed by atoms with E-state index in [-0.39, 0.29) is 18.4 Å². The molecule has 1 heterocycles. The summed E-state index contributed by atoms with van der Waals surface area (Å²) in [4.78, 5) is 0. The fraction of sp³-hybridized carbons (Fsp3) is 0.400. The number of halogens is 1. The number of phenolic OH excluding ortho intramolecular Hbond substituents is 1. The van der Waals surface area contributed by atoms with E-state index in [1.807, 2.05) is 12.1 Å². The highest BCUT2D eigenvalue weighted by Crippen LogP contribution is 2.18. The van der Waals surface area contributed by atoms with E-state index >= 15 is 0 Å². The van der Waals surface area contributed by atoms with Gasteiger partial charge in [-0.1, -0.05) is 12.1 Å². The Bertz CT molecular complexity index is 270. The van der Waals surface area contributed by atoms with E-state index < -0.39 is 0 Å². The van der Waals surface area contributed by atoms with Gasteiger partial charge in [0.25, 0.3) is 0 Å². The molecule has 0 aliphatic carbocycles. The van der Waals surface area contributed by atoms with Gasteiger partial charge in [0.05, 0.1) is 19.3 Å². The molecule has 1 fully saturated rings. The molecule has 1 aromatic carbocycles. The first-order valence-electron chi connectivity index (χ1n) is 4.46. The van der Waals surface area contributed by atoms with Crippen LogP contribution in [0.5, 0.6) is 5.75 Å². The van der Waals surface area contributed by atoms with E-state index in [0.29, 0.717) is 12.4 Å². The van der Waals surface area contributed by atoms with Gasteiger partial charge in [-0.05, 0) is 17.7 Å². The Labute approximate surface area is 89.5 Å². The average molecular weight is 216 g/mol. The zero-order chi connectivity index (χ0) is 9.10. The monoisotopic (exact) mass is 215 g/mol. The summed E-state index contributed by atoms with van der Waals surface area (Å²) < 4.78 is 5.34. The van der Waals surface area contributed by atoms with Crippen molar-refractivity contribution in [3.05, 3.63) is 29.8 Å². The van der Waals surface area contributed by atoms with Crippen LogP contribution in [0.2, 0.25) is 0 Å². The van der Waals surface area contributed by atoms with Gasteiger partial charge in [-0.2, -0.15) is 0 Å². The van der Waals surface area contributed by atoms with Crippen LogP contribution in [0.25, 0.3) is 0 Å². The molecule has 0 unspecified atom stereocenters. The van der Waals surface area contributed by atoms with Crippen LogP contribution in [-0.4, -0.2) is 24.9 Å². The van der Waals surface area contributed by atoms with Crippen molar-refractivity contribution in [1.29, 1.82) is 0 Å². The summed E-state index contributed by atoms with van der Waals surface area (Å²) in [7, 11) is 0. The zero-order valence-corrected chi connectivity index (χ0v) is 8.59. The minimum Gasteiger partial charge on any atom is -0.508 e. The summed E-state index contributed by atoms with van der Waals surface area (Å²) in [5.41, 5.74) is 1.16. The lowest BCUT2D eigenvalue weighted by Gasteiger charge is -2.24. The number of phenols is 1. The first-order chi connectivity index (χ1) is 6.36. The molecule has 1 atom stereocenters. The Hall–Kier alpha value is -0.770. The Morgan fingerprint density at radius 2 is 2.00 bits per heavy atom. The normalized spacial score (nSPS) is 21.3. The lowest BCUT2D eigenvalue weighted by molar-refractivity contribution is 0.0768.